The monoisotopic (exact) mass is 327 g/mol. The number of carboxylic acid groups (broad SMARTS) is 1. The molecule has 1 N–H and O–H groups in total. The quantitative estimate of drug-likeness (QED) is 0.675. The van der Waals surface area contributed by atoms with Gasteiger partial charge in [0, 0.05) is 22.3 Å². The van der Waals surface area contributed by atoms with Crippen molar-refractivity contribution >= 4 is 34.3 Å². The number of carboxylic acids is 1. The molecule has 2 aromatic rings. The number of carbonyl (C=O) groups is 2. The Kier molecular flexibility index (Phi) is 2.45. The van der Waals surface area contributed by atoms with E-state index in [2.05, 4.69) is 9.38 Å². The molecule has 2 aliphatic heterocycles. The number of rotatable bonds is 2. The van der Waals surface area contributed by atoms with Crippen molar-refractivity contribution in [1.29, 1.82) is 0 Å². The van der Waals surface area contributed by atoms with Crippen molar-refractivity contribution in [2.45, 2.75) is 31.7 Å². The Hall–Kier alpha value is -2.41. The number of aliphatic carboxylic acids is 1. The van der Waals surface area contributed by atoms with Gasteiger partial charge in [-0.1, -0.05) is 6.08 Å². The third-order valence-corrected chi connectivity index (χ3v) is 5.95. The van der Waals surface area contributed by atoms with E-state index in [1.807, 2.05) is 12.3 Å². The number of aryl methyl sites for hydroxylation is 2. The van der Waals surface area contributed by atoms with Crippen molar-refractivity contribution in [2.24, 2.45) is 0 Å². The number of hydrogen-bond acceptors (Lipinski definition) is 4. The van der Waals surface area contributed by atoms with E-state index in [9.17, 15) is 9.59 Å². The molecule has 0 unspecified atom stereocenters. The van der Waals surface area contributed by atoms with Gasteiger partial charge in [-0.05, 0) is 31.8 Å². The SMILES string of the molecule is O=C(O)C1=CC[C@@H]2C(=Cc3cn4c5c(sc4n3)CCC5)C(=O)N12. The van der Waals surface area contributed by atoms with Gasteiger partial charge in [0.15, 0.2) is 4.96 Å². The molecular weight excluding hydrogens is 314 g/mol. The van der Waals surface area contributed by atoms with Gasteiger partial charge in [-0.15, -0.1) is 11.3 Å². The lowest BCUT2D eigenvalue weighted by molar-refractivity contribution is -0.142. The summed E-state index contributed by atoms with van der Waals surface area (Å²) in [5, 5.41) is 9.09. The van der Waals surface area contributed by atoms with Crippen LogP contribution in [-0.4, -0.2) is 37.3 Å². The highest BCUT2D eigenvalue weighted by Gasteiger charge is 2.48. The predicted octanol–water partition coefficient (Wildman–Crippen LogP) is 1.85. The lowest BCUT2D eigenvalue weighted by Gasteiger charge is -2.38. The normalized spacial score (nSPS) is 24.1. The van der Waals surface area contributed by atoms with E-state index < -0.39 is 5.97 Å². The van der Waals surface area contributed by atoms with E-state index in [4.69, 9.17) is 5.11 Å². The van der Waals surface area contributed by atoms with Crippen LogP contribution in [0.2, 0.25) is 0 Å². The van der Waals surface area contributed by atoms with Crippen molar-refractivity contribution in [2.75, 3.05) is 0 Å². The first-order valence-electron chi connectivity index (χ1n) is 7.62. The van der Waals surface area contributed by atoms with Gasteiger partial charge < -0.3 is 5.11 Å². The molecule has 1 atom stereocenters. The van der Waals surface area contributed by atoms with Crippen molar-refractivity contribution in [3.8, 4) is 0 Å². The lowest BCUT2D eigenvalue weighted by atomic mass is 9.94. The number of carbonyl (C=O) groups excluding carboxylic acids is 1. The first-order chi connectivity index (χ1) is 11.1. The summed E-state index contributed by atoms with van der Waals surface area (Å²) in [6.45, 7) is 0. The second-order valence-corrected chi connectivity index (χ2v) is 7.13. The van der Waals surface area contributed by atoms with Crippen LogP contribution in [0.15, 0.2) is 23.5 Å². The number of nitrogens with zero attached hydrogens (tertiary/aromatic N) is 3. The minimum absolute atomic E-state index is 0.0980. The molecule has 1 aliphatic carbocycles. The number of fused-ring (bicyclic) bond motifs is 4. The molecule has 7 heteroatoms. The molecule has 1 fully saturated rings. The Morgan fingerprint density at radius 2 is 2.30 bits per heavy atom. The first-order valence-corrected chi connectivity index (χ1v) is 8.43. The molecule has 3 aliphatic rings. The fourth-order valence-corrected chi connectivity index (χ4v) is 4.92. The number of β-lactam (4-membered cyclic amide) rings is 1. The van der Waals surface area contributed by atoms with E-state index in [1.54, 1.807) is 17.4 Å². The zero-order valence-electron chi connectivity index (χ0n) is 12.2. The molecule has 5 rings (SSSR count). The first kappa shape index (κ1) is 13.1. The smallest absolute Gasteiger partial charge is 0.352 e. The average Bonchev–Trinajstić information content (AvgIpc) is 3.23. The van der Waals surface area contributed by atoms with Gasteiger partial charge >= 0.3 is 5.97 Å². The summed E-state index contributed by atoms with van der Waals surface area (Å²) < 4.78 is 2.13. The Morgan fingerprint density at radius 1 is 1.43 bits per heavy atom. The summed E-state index contributed by atoms with van der Waals surface area (Å²) in [5.74, 6) is -1.26. The highest BCUT2D eigenvalue weighted by Crippen LogP contribution is 2.39. The number of aromatic nitrogens is 2. The fourth-order valence-electron chi connectivity index (χ4n) is 3.73. The Morgan fingerprint density at radius 3 is 3.13 bits per heavy atom. The Balaban J connectivity index is 1.48. The fraction of sp³-hybridized carbons (Fsp3) is 0.312. The molecule has 0 spiro atoms. The molecule has 23 heavy (non-hydrogen) atoms. The maximum Gasteiger partial charge on any atom is 0.352 e. The van der Waals surface area contributed by atoms with Gasteiger partial charge in [-0.3, -0.25) is 14.1 Å². The van der Waals surface area contributed by atoms with Crippen LogP contribution in [0.5, 0.6) is 0 Å². The van der Waals surface area contributed by atoms with Crippen LogP contribution in [0.4, 0.5) is 0 Å². The van der Waals surface area contributed by atoms with Crippen LogP contribution in [0.3, 0.4) is 0 Å². The van der Waals surface area contributed by atoms with E-state index in [0.717, 1.165) is 23.5 Å². The molecule has 6 nitrogen and oxygen atoms in total. The van der Waals surface area contributed by atoms with E-state index in [1.165, 1.54) is 21.9 Å². The number of hydrogen-bond donors (Lipinski definition) is 1. The summed E-state index contributed by atoms with van der Waals surface area (Å²) >= 11 is 1.72. The van der Waals surface area contributed by atoms with Crippen LogP contribution in [-0.2, 0) is 22.4 Å². The average molecular weight is 327 g/mol. The zero-order chi connectivity index (χ0) is 15.7. The summed E-state index contributed by atoms with van der Waals surface area (Å²) in [7, 11) is 0. The zero-order valence-corrected chi connectivity index (χ0v) is 13.0. The molecule has 0 bridgehead atoms. The molecule has 4 heterocycles. The third-order valence-electron chi connectivity index (χ3n) is 4.79. The minimum Gasteiger partial charge on any atom is -0.477 e. The predicted molar refractivity (Wildman–Crippen MR) is 84.0 cm³/mol. The van der Waals surface area contributed by atoms with Gasteiger partial charge in [0.05, 0.1) is 11.7 Å². The third kappa shape index (κ3) is 1.65. The van der Waals surface area contributed by atoms with Gasteiger partial charge in [-0.2, -0.15) is 0 Å². The van der Waals surface area contributed by atoms with E-state index in [0.29, 0.717) is 12.0 Å². The van der Waals surface area contributed by atoms with Crippen molar-refractivity contribution < 1.29 is 14.7 Å². The highest BCUT2D eigenvalue weighted by atomic mass is 32.1. The van der Waals surface area contributed by atoms with Crippen LogP contribution in [0, 0.1) is 0 Å². The Labute approximate surface area is 135 Å². The summed E-state index contributed by atoms with van der Waals surface area (Å²) in [6, 6.07) is -0.140. The number of thiazole rings is 1. The minimum atomic E-state index is -1.04. The van der Waals surface area contributed by atoms with Gasteiger partial charge in [0.25, 0.3) is 5.91 Å². The molecule has 1 saturated heterocycles. The van der Waals surface area contributed by atoms with E-state index >= 15 is 0 Å². The molecule has 1 amide bonds. The van der Waals surface area contributed by atoms with Gasteiger partial charge in [-0.25, -0.2) is 9.78 Å². The summed E-state index contributed by atoms with van der Waals surface area (Å²) in [5.41, 5.74) is 2.87. The number of imidazole rings is 1. The molecule has 0 saturated carbocycles. The second-order valence-electron chi connectivity index (χ2n) is 6.06. The molecule has 116 valence electrons. The largest absolute Gasteiger partial charge is 0.477 e. The molecule has 0 aromatic carbocycles. The highest BCUT2D eigenvalue weighted by molar-refractivity contribution is 7.17. The van der Waals surface area contributed by atoms with Gasteiger partial charge in [0.2, 0.25) is 0 Å². The second kappa shape index (κ2) is 4.32. The molecule has 2 aromatic heterocycles. The van der Waals surface area contributed by atoms with Crippen molar-refractivity contribution in [1.82, 2.24) is 14.3 Å². The maximum atomic E-state index is 12.2. The summed E-state index contributed by atoms with van der Waals surface area (Å²) in [4.78, 5) is 31.7. The lowest BCUT2D eigenvalue weighted by Crippen LogP contribution is -2.52. The molecular formula is C16H13N3O3S. The van der Waals surface area contributed by atoms with Crippen LogP contribution >= 0.6 is 11.3 Å². The van der Waals surface area contributed by atoms with Crippen molar-refractivity contribution in [3.05, 3.63) is 39.8 Å². The van der Waals surface area contributed by atoms with Crippen molar-refractivity contribution in [3.63, 3.8) is 0 Å². The number of amides is 1. The molecule has 0 radical (unpaired) electrons. The summed E-state index contributed by atoms with van der Waals surface area (Å²) in [6.07, 6.45) is 9.40. The van der Waals surface area contributed by atoms with Crippen LogP contribution in [0.25, 0.3) is 11.0 Å². The van der Waals surface area contributed by atoms with Crippen LogP contribution in [0.1, 0.15) is 29.1 Å². The van der Waals surface area contributed by atoms with Crippen LogP contribution < -0.4 is 0 Å². The van der Waals surface area contributed by atoms with E-state index in [-0.39, 0.29) is 17.6 Å². The maximum absolute atomic E-state index is 12.2. The van der Waals surface area contributed by atoms with Gasteiger partial charge in [0.1, 0.15) is 5.70 Å². The topological polar surface area (TPSA) is 74.9 Å². The standard InChI is InChI=1S/C16H13N3O3S/c20-14-9(10-4-5-12(15(21)22)19(10)14)6-8-7-18-11-2-1-3-13(11)23-16(18)17-8/h5-7,10H,1-4H2,(H,21,22)/t10-/m1/s1. The Bertz CT molecular complexity index is 949.